The number of aryl methyl sites for hydroxylation is 2. The summed E-state index contributed by atoms with van der Waals surface area (Å²) in [6, 6.07) is 5.90. The van der Waals surface area contributed by atoms with E-state index < -0.39 is 0 Å². The van der Waals surface area contributed by atoms with E-state index in [1.54, 1.807) is 0 Å². The predicted octanol–water partition coefficient (Wildman–Crippen LogP) is 3.01. The van der Waals surface area contributed by atoms with Crippen molar-refractivity contribution in [3.8, 4) is 0 Å². The zero-order valence-corrected chi connectivity index (χ0v) is 12.1. The van der Waals surface area contributed by atoms with Crippen LogP contribution in [0.5, 0.6) is 0 Å². The molecule has 0 spiro atoms. The molecule has 0 saturated carbocycles. The third-order valence-electron chi connectivity index (χ3n) is 4.48. The highest BCUT2D eigenvalue weighted by Gasteiger charge is 2.50. The van der Waals surface area contributed by atoms with Crippen LogP contribution in [0.15, 0.2) is 30.4 Å². The van der Waals surface area contributed by atoms with Crippen LogP contribution in [0.4, 0.5) is 5.69 Å². The fraction of sp³-hybridized carbons (Fsp3) is 0.412. The Morgan fingerprint density at radius 1 is 1.15 bits per heavy atom. The van der Waals surface area contributed by atoms with Gasteiger partial charge in [0.2, 0.25) is 11.8 Å². The molecular weight excluding hydrogens is 250 g/mol. The number of anilines is 1. The van der Waals surface area contributed by atoms with Crippen molar-refractivity contribution in [3.63, 3.8) is 0 Å². The van der Waals surface area contributed by atoms with Crippen LogP contribution >= 0.6 is 0 Å². The van der Waals surface area contributed by atoms with E-state index in [4.69, 9.17) is 0 Å². The molecule has 20 heavy (non-hydrogen) atoms. The molecule has 1 aliphatic carbocycles. The Morgan fingerprint density at radius 2 is 1.90 bits per heavy atom. The van der Waals surface area contributed by atoms with Gasteiger partial charge in [-0.1, -0.05) is 31.2 Å². The number of imide groups is 1. The van der Waals surface area contributed by atoms with Gasteiger partial charge in [-0.15, -0.1) is 0 Å². The predicted molar refractivity (Wildman–Crippen MR) is 78.3 cm³/mol. The summed E-state index contributed by atoms with van der Waals surface area (Å²) in [5.74, 6) is -0.300. The molecule has 2 aliphatic rings. The fourth-order valence-corrected chi connectivity index (χ4v) is 3.35. The number of hydrogen-bond acceptors (Lipinski definition) is 2. The van der Waals surface area contributed by atoms with Gasteiger partial charge in [-0.05, 0) is 43.4 Å². The molecule has 1 aromatic rings. The minimum atomic E-state index is -0.188. The number of rotatable bonds is 1. The standard InChI is InChI=1S/C17H19NO2/c1-10-7-8-11(2)14(9-10)18-16(19)13-6-4-5-12(3)15(13)17(18)20/h4-5,7-9,12-13,15H,6H2,1-3H3/t12-,13-,15+/m0/s1. The van der Waals surface area contributed by atoms with Crippen molar-refractivity contribution in [2.75, 3.05) is 4.90 Å². The molecule has 1 saturated heterocycles. The third-order valence-corrected chi connectivity index (χ3v) is 4.48. The highest BCUT2D eigenvalue weighted by molar-refractivity contribution is 6.22. The molecule has 104 valence electrons. The molecule has 3 rings (SSSR count). The number of fused-ring (bicyclic) bond motifs is 1. The van der Waals surface area contributed by atoms with Crippen molar-refractivity contribution in [1.82, 2.24) is 0 Å². The molecule has 3 heteroatoms. The second kappa shape index (κ2) is 4.58. The maximum absolute atomic E-state index is 12.7. The van der Waals surface area contributed by atoms with Gasteiger partial charge in [0, 0.05) is 0 Å². The number of benzene rings is 1. The van der Waals surface area contributed by atoms with E-state index in [2.05, 4.69) is 6.08 Å². The van der Waals surface area contributed by atoms with Crippen LogP contribution in [-0.2, 0) is 9.59 Å². The average molecular weight is 269 g/mol. The SMILES string of the molecule is Cc1ccc(C)c(N2C(=O)[C@H]3[C@H](CC=C[C@@H]3C)C2=O)c1. The van der Waals surface area contributed by atoms with E-state index in [-0.39, 0.29) is 29.6 Å². The zero-order chi connectivity index (χ0) is 14.4. The van der Waals surface area contributed by atoms with Gasteiger partial charge in [0.05, 0.1) is 17.5 Å². The van der Waals surface area contributed by atoms with Gasteiger partial charge < -0.3 is 0 Å². The summed E-state index contributed by atoms with van der Waals surface area (Å²) in [6.07, 6.45) is 4.77. The van der Waals surface area contributed by atoms with Gasteiger partial charge in [-0.2, -0.15) is 0 Å². The summed E-state index contributed by atoms with van der Waals surface area (Å²) in [5.41, 5.74) is 2.78. The van der Waals surface area contributed by atoms with Crippen LogP contribution in [0.1, 0.15) is 24.5 Å². The van der Waals surface area contributed by atoms with Gasteiger partial charge in [-0.25, -0.2) is 4.90 Å². The molecule has 1 aromatic carbocycles. The first-order chi connectivity index (χ1) is 9.50. The average Bonchev–Trinajstić information content (AvgIpc) is 2.66. The molecule has 3 atom stereocenters. The monoisotopic (exact) mass is 269 g/mol. The summed E-state index contributed by atoms with van der Waals surface area (Å²) in [4.78, 5) is 26.7. The van der Waals surface area contributed by atoms with Crippen LogP contribution in [0.25, 0.3) is 0 Å². The van der Waals surface area contributed by atoms with E-state index in [9.17, 15) is 9.59 Å². The van der Waals surface area contributed by atoms with E-state index >= 15 is 0 Å². The topological polar surface area (TPSA) is 37.4 Å². The molecule has 0 bridgehead atoms. The van der Waals surface area contributed by atoms with Crippen LogP contribution in [0.3, 0.4) is 0 Å². The molecule has 1 fully saturated rings. The number of hydrogen-bond donors (Lipinski definition) is 0. The molecule has 0 unspecified atom stereocenters. The van der Waals surface area contributed by atoms with Gasteiger partial charge >= 0.3 is 0 Å². The number of allylic oxidation sites excluding steroid dienone is 2. The van der Waals surface area contributed by atoms with Crippen LogP contribution in [0, 0.1) is 31.6 Å². The van der Waals surface area contributed by atoms with E-state index in [1.807, 2.05) is 45.0 Å². The van der Waals surface area contributed by atoms with Crippen molar-refractivity contribution in [2.45, 2.75) is 27.2 Å². The van der Waals surface area contributed by atoms with Crippen molar-refractivity contribution >= 4 is 17.5 Å². The lowest BCUT2D eigenvalue weighted by atomic mass is 9.78. The Bertz CT molecular complexity index is 617. The maximum atomic E-state index is 12.7. The van der Waals surface area contributed by atoms with Gasteiger partial charge in [0.15, 0.2) is 0 Å². The number of amides is 2. The molecule has 0 N–H and O–H groups in total. The van der Waals surface area contributed by atoms with Crippen molar-refractivity contribution in [3.05, 3.63) is 41.5 Å². The molecule has 0 aromatic heterocycles. The molecule has 0 radical (unpaired) electrons. The smallest absolute Gasteiger partial charge is 0.238 e. The first-order valence-corrected chi connectivity index (χ1v) is 7.12. The summed E-state index contributed by atoms with van der Waals surface area (Å²) in [6.45, 7) is 5.94. The molecule has 1 heterocycles. The quantitative estimate of drug-likeness (QED) is 0.580. The van der Waals surface area contributed by atoms with Gasteiger partial charge in [-0.3, -0.25) is 9.59 Å². The third kappa shape index (κ3) is 1.80. The lowest BCUT2D eigenvalue weighted by Crippen LogP contribution is -2.32. The Balaban J connectivity index is 2.06. The first kappa shape index (κ1) is 13.1. The van der Waals surface area contributed by atoms with Gasteiger partial charge in [0.1, 0.15) is 0 Å². The largest absolute Gasteiger partial charge is 0.274 e. The summed E-state index contributed by atoms with van der Waals surface area (Å²) in [7, 11) is 0. The minimum absolute atomic E-state index is 0.0365. The lowest BCUT2D eigenvalue weighted by molar-refractivity contribution is -0.122. The summed E-state index contributed by atoms with van der Waals surface area (Å²) < 4.78 is 0. The minimum Gasteiger partial charge on any atom is -0.274 e. The number of nitrogens with zero attached hydrogens (tertiary/aromatic N) is 1. The molecule has 1 aliphatic heterocycles. The van der Waals surface area contributed by atoms with Crippen LogP contribution < -0.4 is 4.90 Å². The van der Waals surface area contributed by atoms with E-state index in [1.165, 1.54) is 4.90 Å². The maximum Gasteiger partial charge on any atom is 0.238 e. The van der Waals surface area contributed by atoms with Crippen LogP contribution in [0.2, 0.25) is 0 Å². The van der Waals surface area contributed by atoms with Gasteiger partial charge in [0.25, 0.3) is 0 Å². The second-order valence-electron chi connectivity index (χ2n) is 5.96. The summed E-state index contributed by atoms with van der Waals surface area (Å²) in [5, 5.41) is 0. The Kier molecular flexibility index (Phi) is 3.00. The second-order valence-corrected chi connectivity index (χ2v) is 5.96. The highest BCUT2D eigenvalue weighted by atomic mass is 16.2. The zero-order valence-electron chi connectivity index (χ0n) is 12.1. The van der Waals surface area contributed by atoms with Crippen molar-refractivity contribution < 1.29 is 9.59 Å². The fourth-order valence-electron chi connectivity index (χ4n) is 3.35. The molecule has 3 nitrogen and oxygen atoms in total. The van der Waals surface area contributed by atoms with Crippen molar-refractivity contribution in [1.29, 1.82) is 0 Å². The Hall–Kier alpha value is -1.90. The van der Waals surface area contributed by atoms with E-state index in [0.29, 0.717) is 6.42 Å². The Morgan fingerprint density at radius 3 is 2.60 bits per heavy atom. The lowest BCUT2D eigenvalue weighted by Gasteiger charge is -2.22. The molecular formula is C17H19NO2. The normalized spacial score (nSPS) is 28.9. The number of carbonyl (C=O) groups is 2. The first-order valence-electron chi connectivity index (χ1n) is 7.12. The van der Waals surface area contributed by atoms with E-state index in [0.717, 1.165) is 16.8 Å². The summed E-state index contributed by atoms with van der Waals surface area (Å²) >= 11 is 0. The number of carbonyl (C=O) groups excluding carboxylic acids is 2. The Labute approximate surface area is 119 Å². The van der Waals surface area contributed by atoms with Crippen molar-refractivity contribution in [2.24, 2.45) is 17.8 Å². The highest BCUT2D eigenvalue weighted by Crippen LogP contribution is 2.41. The molecule has 2 amide bonds. The van der Waals surface area contributed by atoms with Crippen LogP contribution in [-0.4, -0.2) is 11.8 Å².